The largest absolute Gasteiger partial charge is 0.383 e. The molecule has 42 heavy (non-hydrogen) atoms. The summed E-state index contributed by atoms with van der Waals surface area (Å²) in [6.07, 6.45) is 9.46. The summed E-state index contributed by atoms with van der Waals surface area (Å²) in [7, 11) is 0. The highest BCUT2D eigenvalue weighted by Crippen LogP contribution is 2.46. The van der Waals surface area contributed by atoms with Crippen LogP contribution < -0.4 is 11.1 Å². The van der Waals surface area contributed by atoms with E-state index in [0.717, 1.165) is 53.5 Å². The molecule has 9 nitrogen and oxygen atoms in total. The van der Waals surface area contributed by atoms with E-state index in [1.807, 2.05) is 65.6 Å². The van der Waals surface area contributed by atoms with Gasteiger partial charge >= 0.3 is 0 Å². The zero-order chi connectivity index (χ0) is 28.8. The molecule has 2 unspecified atom stereocenters. The smallest absolute Gasteiger partial charge is 0.264 e. The molecule has 2 atom stereocenters. The van der Waals surface area contributed by atoms with Gasteiger partial charge < -0.3 is 20.5 Å². The number of fused-ring (bicyclic) bond motifs is 2. The van der Waals surface area contributed by atoms with Crippen molar-refractivity contribution in [1.29, 1.82) is 5.26 Å². The van der Waals surface area contributed by atoms with Gasteiger partial charge in [0, 0.05) is 42.1 Å². The molecule has 2 aromatic carbocycles. The summed E-state index contributed by atoms with van der Waals surface area (Å²) < 4.78 is 2.22. The lowest BCUT2D eigenvalue weighted by atomic mass is 10.0. The highest BCUT2D eigenvalue weighted by atomic mass is 16.2. The monoisotopic (exact) mass is 557 g/mol. The van der Waals surface area contributed by atoms with Crippen LogP contribution in [-0.4, -0.2) is 44.3 Å². The molecule has 3 heterocycles. The number of para-hydroxylation sites is 1. The Balaban J connectivity index is 1.11. The topological polar surface area (TPSA) is 130 Å². The first-order chi connectivity index (χ1) is 20.5. The van der Waals surface area contributed by atoms with E-state index >= 15 is 0 Å². The first-order valence-corrected chi connectivity index (χ1v) is 14.5. The fraction of sp³-hybridized carbons (Fsp3) is 0.303. The molecule has 4 aromatic rings. The number of aromatic nitrogens is 3. The number of amides is 2. The Hall–Kier alpha value is -4.97. The zero-order valence-electron chi connectivity index (χ0n) is 23.1. The first-order valence-electron chi connectivity index (χ1n) is 14.5. The van der Waals surface area contributed by atoms with Crippen molar-refractivity contribution in [2.45, 2.75) is 31.7 Å². The Kier molecular flexibility index (Phi) is 6.46. The molecule has 2 aromatic heterocycles. The fourth-order valence-corrected chi connectivity index (χ4v) is 6.62. The number of carbonyl (C=O) groups excluding carboxylic acids is 2. The maximum atomic E-state index is 13.0. The fourth-order valence-electron chi connectivity index (χ4n) is 6.62. The first kappa shape index (κ1) is 26.0. The van der Waals surface area contributed by atoms with Crippen LogP contribution in [0.15, 0.2) is 78.8 Å². The predicted molar refractivity (Wildman–Crippen MR) is 160 cm³/mol. The number of nitrogens with zero attached hydrogens (tertiary/aromatic N) is 5. The summed E-state index contributed by atoms with van der Waals surface area (Å²) in [6.45, 7) is 1.36. The standard InChI is InChI=1S/C33H31N7O2/c34-15-23(12-20-6-7-20)33(42)39-16-24-13-27(14-25(24)17-39)40-18-28(29-30(35)36-19-37-31(29)40)21-8-10-22(11-9-21)32(41)38-26-4-2-1-3-5-26/h1-5,8-12,18-20,24-25,27H,6-7,13-14,16-17H2,(H,38,41)(H2,35,36,37)/b23-12-. The number of nitrogen functional groups attached to an aromatic ring is 1. The van der Waals surface area contributed by atoms with Crippen LogP contribution in [0.3, 0.4) is 0 Å². The quantitative estimate of drug-likeness (QED) is 0.248. The van der Waals surface area contributed by atoms with Gasteiger partial charge in [-0.3, -0.25) is 9.59 Å². The van der Waals surface area contributed by atoms with Gasteiger partial charge in [-0.05, 0) is 73.3 Å². The van der Waals surface area contributed by atoms with Gasteiger partial charge in [-0.1, -0.05) is 36.4 Å². The Labute approximate surface area is 243 Å². The maximum Gasteiger partial charge on any atom is 0.264 e. The van der Waals surface area contributed by atoms with E-state index < -0.39 is 0 Å². The van der Waals surface area contributed by atoms with Crippen molar-refractivity contribution in [2.24, 2.45) is 17.8 Å². The molecule has 1 aliphatic heterocycles. The van der Waals surface area contributed by atoms with E-state index in [0.29, 0.717) is 47.8 Å². The summed E-state index contributed by atoms with van der Waals surface area (Å²) in [5.74, 6) is 1.27. The van der Waals surface area contributed by atoms with E-state index in [1.54, 1.807) is 0 Å². The number of hydrogen-bond acceptors (Lipinski definition) is 6. The van der Waals surface area contributed by atoms with Crippen molar-refractivity contribution in [3.8, 4) is 17.2 Å². The van der Waals surface area contributed by atoms with Crippen LogP contribution in [0.25, 0.3) is 22.2 Å². The highest BCUT2D eigenvalue weighted by molar-refractivity contribution is 6.05. The van der Waals surface area contributed by atoms with Gasteiger partial charge in [-0.15, -0.1) is 0 Å². The number of hydrogen-bond donors (Lipinski definition) is 2. The third-order valence-electron chi connectivity index (χ3n) is 8.91. The Morgan fingerprint density at radius 3 is 2.38 bits per heavy atom. The SMILES string of the molecule is N#C/C(=C/C1CC1)C(=O)N1CC2CC(n3cc(-c4ccc(C(=O)Nc5ccccc5)cc4)c4c(N)ncnc43)CC2C1. The normalized spacial score (nSPS) is 21.7. The van der Waals surface area contributed by atoms with Gasteiger partial charge in [0.1, 0.15) is 29.4 Å². The summed E-state index contributed by atoms with van der Waals surface area (Å²) in [6, 6.07) is 19.2. The number of rotatable bonds is 6. The van der Waals surface area contributed by atoms with E-state index in [9.17, 15) is 14.9 Å². The van der Waals surface area contributed by atoms with Crippen molar-refractivity contribution >= 4 is 34.4 Å². The molecule has 2 aliphatic carbocycles. The summed E-state index contributed by atoms with van der Waals surface area (Å²) >= 11 is 0. The van der Waals surface area contributed by atoms with Crippen molar-refractivity contribution in [3.63, 3.8) is 0 Å². The Bertz CT molecular complexity index is 1730. The van der Waals surface area contributed by atoms with Crippen molar-refractivity contribution in [2.75, 3.05) is 24.1 Å². The third-order valence-corrected chi connectivity index (χ3v) is 8.91. The van der Waals surface area contributed by atoms with Crippen molar-refractivity contribution in [1.82, 2.24) is 19.4 Å². The molecule has 1 saturated heterocycles. The van der Waals surface area contributed by atoms with Crippen LogP contribution in [-0.2, 0) is 4.79 Å². The van der Waals surface area contributed by atoms with Gasteiger partial charge in [-0.25, -0.2) is 9.97 Å². The maximum absolute atomic E-state index is 13.0. The molecule has 0 radical (unpaired) electrons. The lowest BCUT2D eigenvalue weighted by molar-refractivity contribution is -0.126. The van der Waals surface area contributed by atoms with Gasteiger partial charge in [0.25, 0.3) is 11.8 Å². The number of likely N-dealkylation sites (tertiary alicyclic amines) is 1. The molecular weight excluding hydrogens is 526 g/mol. The summed E-state index contributed by atoms with van der Waals surface area (Å²) in [4.78, 5) is 36.6. The average Bonchev–Trinajstić information content (AvgIpc) is 3.41. The van der Waals surface area contributed by atoms with Crippen LogP contribution >= 0.6 is 0 Å². The molecule has 0 bridgehead atoms. The minimum Gasteiger partial charge on any atom is -0.383 e. The van der Waals surface area contributed by atoms with E-state index in [1.165, 1.54) is 6.33 Å². The van der Waals surface area contributed by atoms with Gasteiger partial charge in [-0.2, -0.15) is 5.26 Å². The second-order valence-corrected chi connectivity index (χ2v) is 11.7. The Morgan fingerprint density at radius 2 is 1.71 bits per heavy atom. The number of nitrogens with two attached hydrogens (primary N) is 1. The van der Waals surface area contributed by atoms with E-state index in [2.05, 4.69) is 32.1 Å². The van der Waals surface area contributed by atoms with Crippen molar-refractivity contribution < 1.29 is 9.59 Å². The molecule has 0 spiro atoms. The number of allylic oxidation sites excluding steroid dienone is 1. The second-order valence-electron chi connectivity index (χ2n) is 11.7. The molecule has 2 amide bonds. The molecule has 3 aliphatic rings. The van der Waals surface area contributed by atoms with Crippen LogP contribution in [0.5, 0.6) is 0 Å². The number of nitriles is 1. The molecular formula is C33H31N7O2. The van der Waals surface area contributed by atoms with Gasteiger partial charge in [0.15, 0.2) is 0 Å². The molecule has 210 valence electrons. The van der Waals surface area contributed by atoms with Gasteiger partial charge in [0.05, 0.1) is 5.39 Å². The minimum atomic E-state index is -0.173. The van der Waals surface area contributed by atoms with E-state index in [4.69, 9.17) is 5.73 Å². The van der Waals surface area contributed by atoms with E-state index in [-0.39, 0.29) is 17.9 Å². The van der Waals surface area contributed by atoms with Crippen LogP contribution in [0.2, 0.25) is 0 Å². The lowest BCUT2D eigenvalue weighted by Crippen LogP contribution is -2.31. The minimum absolute atomic E-state index is 0.120. The van der Waals surface area contributed by atoms with Gasteiger partial charge in [0.2, 0.25) is 0 Å². The molecule has 7 rings (SSSR count). The number of nitrogens with one attached hydrogen (secondary N) is 1. The number of benzene rings is 2. The van der Waals surface area contributed by atoms with Crippen molar-refractivity contribution in [3.05, 3.63) is 84.3 Å². The lowest BCUT2D eigenvalue weighted by Gasteiger charge is -2.20. The molecule has 9 heteroatoms. The molecule has 3 fully saturated rings. The predicted octanol–water partition coefficient (Wildman–Crippen LogP) is 5.20. The van der Waals surface area contributed by atoms with Crippen LogP contribution in [0.4, 0.5) is 11.5 Å². The molecule has 2 saturated carbocycles. The van der Waals surface area contributed by atoms with Crippen LogP contribution in [0, 0.1) is 29.1 Å². The second kappa shape index (κ2) is 10.5. The number of carbonyl (C=O) groups is 2. The third kappa shape index (κ3) is 4.79. The summed E-state index contributed by atoms with van der Waals surface area (Å²) in [5.41, 5.74) is 10.6. The number of anilines is 2. The highest BCUT2D eigenvalue weighted by Gasteiger charge is 2.44. The average molecular weight is 558 g/mol. The molecule has 3 N–H and O–H groups in total. The van der Waals surface area contributed by atoms with Crippen LogP contribution in [0.1, 0.15) is 42.1 Å². The summed E-state index contributed by atoms with van der Waals surface area (Å²) in [5, 5.41) is 13.3. The zero-order valence-corrected chi connectivity index (χ0v) is 23.1. The Morgan fingerprint density at radius 1 is 1.00 bits per heavy atom.